The molecule has 0 atom stereocenters. The zero-order chi connectivity index (χ0) is 9.45. The van der Waals surface area contributed by atoms with E-state index in [2.05, 4.69) is 6.58 Å². The van der Waals surface area contributed by atoms with Crippen molar-refractivity contribution in [3.63, 3.8) is 0 Å². The van der Waals surface area contributed by atoms with E-state index in [1.807, 2.05) is 13.8 Å². The van der Waals surface area contributed by atoms with Gasteiger partial charge in [-0.3, -0.25) is 0 Å². The highest BCUT2D eigenvalue weighted by molar-refractivity contribution is 4.81. The average Bonchev–Trinajstić information content (AvgIpc) is 2.06. The Morgan fingerprint density at radius 1 is 1.33 bits per heavy atom. The van der Waals surface area contributed by atoms with Crippen LogP contribution in [-0.2, 0) is 9.47 Å². The molecule has 0 unspecified atom stereocenters. The number of ether oxygens (including phenoxy) is 2. The van der Waals surface area contributed by atoms with E-state index >= 15 is 0 Å². The lowest BCUT2D eigenvalue weighted by atomic mass is 10.2. The van der Waals surface area contributed by atoms with E-state index in [4.69, 9.17) is 15.2 Å². The van der Waals surface area contributed by atoms with E-state index < -0.39 is 5.79 Å². The number of hydrogen-bond acceptors (Lipinski definition) is 3. The standard InChI is InChI=1S/C9H19NO2/c1-4-7-9(8-10,11-5-2)12-6-3/h4H,1,5-8,10H2,2-3H3. The molecule has 0 aliphatic heterocycles. The van der Waals surface area contributed by atoms with Crippen molar-refractivity contribution < 1.29 is 9.47 Å². The molecule has 0 fully saturated rings. The van der Waals surface area contributed by atoms with Crippen LogP contribution < -0.4 is 5.73 Å². The lowest BCUT2D eigenvalue weighted by molar-refractivity contribution is -0.223. The van der Waals surface area contributed by atoms with Crippen LogP contribution in [0.15, 0.2) is 12.7 Å². The fourth-order valence-electron chi connectivity index (χ4n) is 1.11. The van der Waals surface area contributed by atoms with Crippen LogP contribution in [0.1, 0.15) is 20.3 Å². The number of rotatable bonds is 7. The molecule has 0 saturated heterocycles. The van der Waals surface area contributed by atoms with Crippen LogP contribution in [0.25, 0.3) is 0 Å². The third-order valence-corrected chi connectivity index (χ3v) is 1.58. The maximum absolute atomic E-state index is 5.57. The molecule has 0 heterocycles. The lowest BCUT2D eigenvalue weighted by Gasteiger charge is -2.30. The Morgan fingerprint density at radius 2 is 1.83 bits per heavy atom. The molecule has 2 N–H and O–H groups in total. The van der Waals surface area contributed by atoms with Gasteiger partial charge in [-0.25, -0.2) is 0 Å². The van der Waals surface area contributed by atoms with Gasteiger partial charge in [0.2, 0.25) is 0 Å². The summed E-state index contributed by atoms with van der Waals surface area (Å²) in [6, 6.07) is 0. The second-order valence-corrected chi connectivity index (χ2v) is 2.47. The zero-order valence-corrected chi connectivity index (χ0v) is 8.01. The Labute approximate surface area is 74.5 Å². The highest BCUT2D eigenvalue weighted by atomic mass is 16.7. The molecule has 0 bridgehead atoms. The molecule has 0 spiro atoms. The molecule has 0 amide bonds. The minimum absolute atomic E-state index is 0.362. The molecular weight excluding hydrogens is 154 g/mol. The minimum Gasteiger partial charge on any atom is -0.349 e. The molecule has 12 heavy (non-hydrogen) atoms. The van der Waals surface area contributed by atoms with Gasteiger partial charge in [0.25, 0.3) is 0 Å². The maximum atomic E-state index is 5.57. The first-order chi connectivity index (χ1) is 5.74. The van der Waals surface area contributed by atoms with Gasteiger partial charge >= 0.3 is 0 Å². The van der Waals surface area contributed by atoms with Gasteiger partial charge in [0.05, 0.1) is 0 Å². The summed E-state index contributed by atoms with van der Waals surface area (Å²) in [6.45, 7) is 9.05. The molecule has 0 aromatic rings. The third kappa shape index (κ3) is 3.34. The van der Waals surface area contributed by atoms with Crippen LogP contribution in [0.2, 0.25) is 0 Å². The van der Waals surface area contributed by atoms with E-state index in [1.165, 1.54) is 0 Å². The summed E-state index contributed by atoms with van der Waals surface area (Å²) in [7, 11) is 0. The van der Waals surface area contributed by atoms with Crippen molar-refractivity contribution in [2.75, 3.05) is 19.8 Å². The largest absolute Gasteiger partial charge is 0.349 e. The molecule has 0 aromatic carbocycles. The van der Waals surface area contributed by atoms with E-state index in [0.717, 1.165) is 0 Å². The topological polar surface area (TPSA) is 44.5 Å². The lowest BCUT2D eigenvalue weighted by Crippen LogP contribution is -2.43. The van der Waals surface area contributed by atoms with E-state index in [0.29, 0.717) is 26.2 Å². The molecule has 0 saturated carbocycles. The molecule has 3 heteroatoms. The summed E-state index contributed by atoms with van der Waals surface area (Å²) in [5.74, 6) is -0.648. The Hall–Kier alpha value is -0.380. The van der Waals surface area contributed by atoms with Gasteiger partial charge in [0.15, 0.2) is 5.79 Å². The van der Waals surface area contributed by atoms with E-state index in [-0.39, 0.29) is 0 Å². The SMILES string of the molecule is C=CCC(CN)(OCC)OCC. The van der Waals surface area contributed by atoms with Crippen molar-refractivity contribution in [2.45, 2.75) is 26.1 Å². The van der Waals surface area contributed by atoms with Crippen molar-refractivity contribution in [1.82, 2.24) is 0 Å². The highest BCUT2D eigenvalue weighted by Gasteiger charge is 2.27. The summed E-state index contributed by atoms with van der Waals surface area (Å²) in [6.07, 6.45) is 2.39. The quantitative estimate of drug-likeness (QED) is 0.466. The summed E-state index contributed by atoms with van der Waals surface area (Å²) in [4.78, 5) is 0. The van der Waals surface area contributed by atoms with Crippen LogP contribution >= 0.6 is 0 Å². The summed E-state index contributed by atoms with van der Waals surface area (Å²) in [5, 5.41) is 0. The van der Waals surface area contributed by atoms with Crippen molar-refractivity contribution in [3.8, 4) is 0 Å². The fraction of sp³-hybridized carbons (Fsp3) is 0.778. The van der Waals surface area contributed by atoms with Crippen LogP contribution in [0, 0.1) is 0 Å². The van der Waals surface area contributed by atoms with Crippen molar-refractivity contribution in [2.24, 2.45) is 5.73 Å². The monoisotopic (exact) mass is 173 g/mol. The van der Waals surface area contributed by atoms with Crippen molar-refractivity contribution >= 4 is 0 Å². The first-order valence-electron chi connectivity index (χ1n) is 4.33. The number of hydrogen-bond donors (Lipinski definition) is 1. The van der Waals surface area contributed by atoms with Gasteiger partial charge in [-0.15, -0.1) is 6.58 Å². The normalized spacial score (nSPS) is 11.6. The first kappa shape index (κ1) is 11.6. The van der Waals surface area contributed by atoms with Gasteiger partial charge in [0.1, 0.15) is 0 Å². The molecule has 0 aliphatic carbocycles. The average molecular weight is 173 g/mol. The second-order valence-electron chi connectivity index (χ2n) is 2.47. The number of nitrogens with two attached hydrogens (primary N) is 1. The molecule has 0 rings (SSSR count). The zero-order valence-electron chi connectivity index (χ0n) is 8.01. The van der Waals surface area contributed by atoms with Crippen LogP contribution in [0.3, 0.4) is 0 Å². The third-order valence-electron chi connectivity index (χ3n) is 1.58. The Bertz CT molecular complexity index is 120. The molecule has 72 valence electrons. The predicted molar refractivity (Wildman–Crippen MR) is 49.9 cm³/mol. The molecule has 0 radical (unpaired) electrons. The van der Waals surface area contributed by atoms with E-state index in [9.17, 15) is 0 Å². The highest BCUT2D eigenvalue weighted by Crippen LogP contribution is 2.16. The van der Waals surface area contributed by atoms with Gasteiger partial charge in [-0.1, -0.05) is 6.08 Å². The van der Waals surface area contributed by atoms with E-state index in [1.54, 1.807) is 6.08 Å². The van der Waals surface area contributed by atoms with Crippen LogP contribution in [0.4, 0.5) is 0 Å². The Morgan fingerprint density at radius 3 is 2.08 bits per heavy atom. The molecule has 0 aliphatic rings. The summed E-state index contributed by atoms with van der Waals surface area (Å²) in [5.41, 5.74) is 5.57. The van der Waals surface area contributed by atoms with Gasteiger partial charge < -0.3 is 15.2 Å². The van der Waals surface area contributed by atoms with Gasteiger partial charge in [0, 0.05) is 26.2 Å². The molecule has 3 nitrogen and oxygen atoms in total. The maximum Gasteiger partial charge on any atom is 0.183 e. The smallest absolute Gasteiger partial charge is 0.183 e. The summed E-state index contributed by atoms with van der Waals surface area (Å²) < 4.78 is 10.9. The first-order valence-corrected chi connectivity index (χ1v) is 4.33. The minimum atomic E-state index is -0.648. The second kappa shape index (κ2) is 6.17. The van der Waals surface area contributed by atoms with Gasteiger partial charge in [-0.2, -0.15) is 0 Å². The van der Waals surface area contributed by atoms with Crippen molar-refractivity contribution in [1.29, 1.82) is 0 Å². The Balaban J connectivity index is 4.15. The Kier molecular flexibility index (Phi) is 5.98. The van der Waals surface area contributed by atoms with Crippen molar-refractivity contribution in [3.05, 3.63) is 12.7 Å². The molecular formula is C9H19NO2. The van der Waals surface area contributed by atoms with Crippen LogP contribution in [-0.4, -0.2) is 25.5 Å². The van der Waals surface area contributed by atoms with Crippen LogP contribution in [0.5, 0.6) is 0 Å². The fourth-order valence-corrected chi connectivity index (χ4v) is 1.11. The van der Waals surface area contributed by atoms with Gasteiger partial charge in [-0.05, 0) is 13.8 Å². The predicted octanol–water partition coefficient (Wildman–Crippen LogP) is 1.29. The summed E-state index contributed by atoms with van der Waals surface area (Å²) >= 11 is 0. The molecule has 0 aromatic heterocycles.